The number of rotatable bonds is 1. The number of benzene rings is 1. The standard InChI is InChI=1S/C10H8N2O3/c11-10(15)7-9(14)8(13)5-3-1-2-4-6(5)12-7/h1-4,14H,(H2,11,15)(H,12,13). The summed E-state index contributed by atoms with van der Waals surface area (Å²) in [7, 11) is 0. The lowest BCUT2D eigenvalue weighted by Gasteiger charge is -2.03. The van der Waals surface area contributed by atoms with E-state index in [1.54, 1.807) is 24.3 Å². The van der Waals surface area contributed by atoms with Gasteiger partial charge in [-0.25, -0.2) is 0 Å². The number of hydrogen-bond acceptors (Lipinski definition) is 3. The molecule has 1 aromatic heterocycles. The molecule has 0 spiro atoms. The number of hydrogen-bond donors (Lipinski definition) is 3. The molecule has 0 fully saturated rings. The van der Waals surface area contributed by atoms with E-state index < -0.39 is 17.1 Å². The number of nitrogens with two attached hydrogens (primary N) is 1. The van der Waals surface area contributed by atoms with E-state index in [-0.39, 0.29) is 5.69 Å². The van der Waals surface area contributed by atoms with Gasteiger partial charge in [0.2, 0.25) is 5.43 Å². The van der Waals surface area contributed by atoms with Gasteiger partial charge >= 0.3 is 0 Å². The van der Waals surface area contributed by atoms with Crippen LogP contribution in [0.25, 0.3) is 10.9 Å². The fourth-order valence-electron chi connectivity index (χ4n) is 1.40. The van der Waals surface area contributed by atoms with Crippen molar-refractivity contribution in [1.82, 2.24) is 4.98 Å². The Hall–Kier alpha value is -2.30. The Bertz CT molecular complexity index is 601. The number of aromatic hydroxyl groups is 1. The van der Waals surface area contributed by atoms with E-state index in [1.807, 2.05) is 0 Å². The summed E-state index contributed by atoms with van der Waals surface area (Å²) in [5.41, 5.74) is 4.61. The van der Waals surface area contributed by atoms with Gasteiger partial charge < -0.3 is 15.8 Å². The first-order valence-electron chi connectivity index (χ1n) is 4.25. The first-order chi connectivity index (χ1) is 7.11. The summed E-state index contributed by atoms with van der Waals surface area (Å²) in [6.45, 7) is 0. The second-order valence-corrected chi connectivity index (χ2v) is 3.09. The molecule has 4 N–H and O–H groups in total. The van der Waals surface area contributed by atoms with E-state index in [0.29, 0.717) is 10.9 Å². The minimum Gasteiger partial charge on any atom is -0.503 e. The first kappa shape index (κ1) is 9.26. The van der Waals surface area contributed by atoms with Crippen LogP contribution in [-0.4, -0.2) is 16.0 Å². The topological polar surface area (TPSA) is 96.2 Å². The Morgan fingerprint density at radius 3 is 2.67 bits per heavy atom. The second kappa shape index (κ2) is 3.13. The molecule has 0 radical (unpaired) electrons. The lowest BCUT2D eigenvalue weighted by molar-refractivity contribution is 0.0993. The quantitative estimate of drug-likeness (QED) is 0.624. The van der Waals surface area contributed by atoms with Crippen molar-refractivity contribution in [2.45, 2.75) is 0 Å². The Kier molecular flexibility index (Phi) is 1.93. The number of fused-ring (bicyclic) bond motifs is 1. The predicted molar refractivity (Wildman–Crippen MR) is 54.8 cm³/mol. The molecule has 0 aliphatic heterocycles. The van der Waals surface area contributed by atoms with Gasteiger partial charge in [0.15, 0.2) is 11.4 Å². The Morgan fingerprint density at radius 1 is 1.33 bits per heavy atom. The largest absolute Gasteiger partial charge is 0.503 e. The SMILES string of the molecule is NC(=O)c1[nH]c2ccccc2c(=O)c1O. The number of para-hydroxylation sites is 1. The van der Waals surface area contributed by atoms with Crippen LogP contribution in [-0.2, 0) is 0 Å². The molecular weight excluding hydrogens is 196 g/mol. The van der Waals surface area contributed by atoms with Crippen molar-refractivity contribution < 1.29 is 9.90 Å². The molecule has 1 heterocycles. The molecule has 76 valence electrons. The van der Waals surface area contributed by atoms with Crippen molar-refractivity contribution >= 4 is 16.8 Å². The zero-order valence-corrected chi connectivity index (χ0v) is 7.65. The lowest BCUT2D eigenvalue weighted by atomic mass is 10.2. The van der Waals surface area contributed by atoms with Gasteiger partial charge in [0, 0.05) is 5.39 Å². The Labute approximate surface area is 84.2 Å². The Morgan fingerprint density at radius 2 is 2.00 bits per heavy atom. The van der Waals surface area contributed by atoms with Crippen LogP contribution in [0.1, 0.15) is 10.5 Å². The molecule has 1 aromatic carbocycles. The van der Waals surface area contributed by atoms with Crippen LogP contribution in [0.2, 0.25) is 0 Å². The number of primary amides is 1. The zero-order valence-electron chi connectivity index (χ0n) is 7.65. The predicted octanol–water partition coefficient (Wildman–Crippen LogP) is 0.333. The molecule has 0 saturated heterocycles. The van der Waals surface area contributed by atoms with E-state index in [0.717, 1.165) is 0 Å². The maximum atomic E-state index is 11.6. The van der Waals surface area contributed by atoms with Crippen LogP contribution >= 0.6 is 0 Å². The smallest absolute Gasteiger partial charge is 0.269 e. The molecule has 0 saturated carbocycles. The molecule has 15 heavy (non-hydrogen) atoms. The van der Waals surface area contributed by atoms with Crippen molar-refractivity contribution in [2.75, 3.05) is 0 Å². The molecule has 0 unspecified atom stereocenters. The average Bonchev–Trinajstić information content (AvgIpc) is 2.23. The van der Waals surface area contributed by atoms with Gasteiger partial charge in [-0.05, 0) is 12.1 Å². The minimum atomic E-state index is -0.865. The normalized spacial score (nSPS) is 10.4. The van der Waals surface area contributed by atoms with E-state index in [1.165, 1.54) is 0 Å². The molecule has 2 rings (SSSR count). The van der Waals surface area contributed by atoms with Gasteiger partial charge in [-0.2, -0.15) is 0 Å². The van der Waals surface area contributed by atoms with E-state index in [2.05, 4.69) is 4.98 Å². The van der Waals surface area contributed by atoms with Gasteiger partial charge in [0.05, 0.1) is 5.52 Å². The molecule has 0 bridgehead atoms. The summed E-state index contributed by atoms with van der Waals surface area (Å²) >= 11 is 0. The number of H-pyrrole nitrogens is 1. The highest BCUT2D eigenvalue weighted by Gasteiger charge is 2.13. The molecular formula is C10H8N2O3. The second-order valence-electron chi connectivity index (χ2n) is 3.09. The summed E-state index contributed by atoms with van der Waals surface area (Å²) in [6, 6.07) is 6.56. The highest BCUT2D eigenvalue weighted by Crippen LogP contribution is 2.14. The fraction of sp³-hybridized carbons (Fsp3) is 0. The van der Waals surface area contributed by atoms with Crippen LogP contribution in [0.3, 0.4) is 0 Å². The van der Waals surface area contributed by atoms with E-state index in [9.17, 15) is 14.7 Å². The minimum absolute atomic E-state index is 0.265. The molecule has 0 aliphatic rings. The van der Waals surface area contributed by atoms with Crippen molar-refractivity contribution in [3.05, 3.63) is 40.2 Å². The number of nitrogens with one attached hydrogen (secondary N) is 1. The number of carbonyl (C=O) groups is 1. The fourth-order valence-corrected chi connectivity index (χ4v) is 1.40. The van der Waals surface area contributed by atoms with Crippen molar-refractivity contribution in [3.8, 4) is 5.75 Å². The summed E-state index contributed by atoms with van der Waals surface area (Å²) < 4.78 is 0. The van der Waals surface area contributed by atoms with Crippen molar-refractivity contribution in [3.63, 3.8) is 0 Å². The third kappa shape index (κ3) is 1.34. The molecule has 0 atom stereocenters. The van der Waals surface area contributed by atoms with Crippen LogP contribution in [0.15, 0.2) is 29.1 Å². The highest BCUT2D eigenvalue weighted by molar-refractivity contribution is 5.96. The molecule has 5 heteroatoms. The van der Waals surface area contributed by atoms with Crippen molar-refractivity contribution in [2.24, 2.45) is 5.73 Å². The number of pyridine rings is 1. The lowest BCUT2D eigenvalue weighted by Crippen LogP contribution is -2.17. The number of aromatic amines is 1. The van der Waals surface area contributed by atoms with Gasteiger partial charge in [0.25, 0.3) is 5.91 Å². The maximum absolute atomic E-state index is 11.6. The summed E-state index contributed by atoms with van der Waals surface area (Å²) in [6.07, 6.45) is 0. The van der Waals surface area contributed by atoms with E-state index >= 15 is 0 Å². The number of aromatic nitrogens is 1. The summed E-state index contributed by atoms with van der Waals surface area (Å²) in [5, 5.41) is 9.74. The summed E-state index contributed by atoms with van der Waals surface area (Å²) in [4.78, 5) is 25.1. The van der Waals surface area contributed by atoms with Crippen LogP contribution in [0.4, 0.5) is 0 Å². The highest BCUT2D eigenvalue weighted by atomic mass is 16.3. The average molecular weight is 204 g/mol. The summed E-state index contributed by atoms with van der Waals surface area (Å²) in [5.74, 6) is -1.50. The number of carbonyl (C=O) groups excluding carboxylic acids is 1. The third-order valence-corrected chi connectivity index (χ3v) is 2.13. The van der Waals surface area contributed by atoms with Gasteiger partial charge in [-0.15, -0.1) is 0 Å². The van der Waals surface area contributed by atoms with Gasteiger partial charge in [-0.3, -0.25) is 9.59 Å². The van der Waals surface area contributed by atoms with E-state index in [4.69, 9.17) is 5.73 Å². The first-order valence-corrected chi connectivity index (χ1v) is 4.25. The Balaban J connectivity index is 2.95. The molecule has 2 aromatic rings. The zero-order chi connectivity index (χ0) is 11.0. The molecule has 1 amide bonds. The molecule has 5 nitrogen and oxygen atoms in total. The number of amides is 1. The van der Waals surface area contributed by atoms with Crippen molar-refractivity contribution in [1.29, 1.82) is 0 Å². The maximum Gasteiger partial charge on any atom is 0.269 e. The molecule has 0 aliphatic carbocycles. The van der Waals surface area contributed by atoms with Gasteiger partial charge in [-0.1, -0.05) is 12.1 Å². The van der Waals surface area contributed by atoms with Crippen LogP contribution in [0.5, 0.6) is 5.75 Å². The third-order valence-electron chi connectivity index (χ3n) is 2.13. The monoisotopic (exact) mass is 204 g/mol. The van der Waals surface area contributed by atoms with Gasteiger partial charge in [0.1, 0.15) is 0 Å². The van der Waals surface area contributed by atoms with Crippen LogP contribution < -0.4 is 11.2 Å². The van der Waals surface area contributed by atoms with Crippen LogP contribution in [0, 0.1) is 0 Å².